The Balaban J connectivity index is 1.74. The van der Waals surface area contributed by atoms with Crippen molar-refractivity contribution in [2.45, 2.75) is 44.9 Å². The van der Waals surface area contributed by atoms with Crippen molar-refractivity contribution in [1.82, 2.24) is 4.90 Å². The summed E-state index contributed by atoms with van der Waals surface area (Å²) in [5.41, 5.74) is 0.681. The van der Waals surface area contributed by atoms with Crippen LogP contribution in [0.25, 0.3) is 0 Å². The molecule has 0 N–H and O–H groups in total. The normalized spacial score (nSPS) is 11.3. The molecule has 1 aromatic heterocycles. The van der Waals surface area contributed by atoms with Crippen molar-refractivity contribution in [3.05, 3.63) is 83.8 Å². The van der Waals surface area contributed by atoms with Gasteiger partial charge < -0.3 is 18.2 Å². The van der Waals surface area contributed by atoms with Crippen LogP contribution in [0.2, 0.25) is 0 Å². The van der Waals surface area contributed by atoms with Crippen LogP contribution >= 0.6 is 0 Å². The minimum Gasteiger partial charge on any atom is -0.467 e. The molecule has 3 rings (SSSR count). The molecule has 0 atom stereocenters. The van der Waals surface area contributed by atoms with E-state index in [9.17, 15) is 18.0 Å². The summed E-state index contributed by atoms with van der Waals surface area (Å²) in [6.45, 7) is 5.45. The molecule has 0 fully saturated rings. The average molecular weight is 472 g/mol. The van der Waals surface area contributed by atoms with Gasteiger partial charge in [0.1, 0.15) is 16.4 Å². The van der Waals surface area contributed by atoms with E-state index in [2.05, 4.69) is 0 Å². The highest BCUT2D eigenvalue weighted by molar-refractivity contribution is 7.87. The summed E-state index contributed by atoms with van der Waals surface area (Å²) in [6, 6.07) is 15.6. The van der Waals surface area contributed by atoms with Crippen LogP contribution in [0.5, 0.6) is 5.75 Å². The number of carbonyl (C=O) groups is 2. The van der Waals surface area contributed by atoms with Crippen LogP contribution in [0.1, 0.15) is 42.5 Å². The van der Waals surface area contributed by atoms with Crippen LogP contribution in [0.15, 0.2) is 76.2 Å². The van der Waals surface area contributed by atoms with E-state index in [1.165, 1.54) is 37.3 Å². The predicted molar refractivity (Wildman–Crippen MR) is 120 cm³/mol. The monoisotopic (exact) mass is 471 g/mol. The maximum Gasteiger partial charge on any atom is 0.340 e. The predicted octanol–water partition coefficient (Wildman–Crippen LogP) is 4.16. The molecular formula is C24H25NO7S. The van der Waals surface area contributed by atoms with E-state index in [4.69, 9.17) is 13.3 Å². The van der Waals surface area contributed by atoms with E-state index in [-0.39, 0.29) is 22.1 Å². The van der Waals surface area contributed by atoms with Crippen LogP contribution in [-0.2, 0) is 32.7 Å². The fourth-order valence-electron chi connectivity index (χ4n) is 3.04. The topological polar surface area (TPSA) is 103 Å². The van der Waals surface area contributed by atoms with Crippen molar-refractivity contribution < 1.29 is 31.3 Å². The third-order valence-electron chi connectivity index (χ3n) is 4.59. The summed E-state index contributed by atoms with van der Waals surface area (Å²) < 4.78 is 41.4. The Labute approximate surface area is 192 Å². The zero-order chi connectivity index (χ0) is 24.0. The lowest BCUT2D eigenvalue weighted by Gasteiger charge is -2.20. The van der Waals surface area contributed by atoms with Gasteiger partial charge in [-0.1, -0.05) is 24.3 Å². The Morgan fingerprint density at radius 3 is 2.27 bits per heavy atom. The molecule has 0 unspecified atom stereocenters. The number of hydrogen-bond acceptors (Lipinski definition) is 7. The quantitative estimate of drug-likeness (QED) is 0.341. The van der Waals surface area contributed by atoms with Crippen molar-refractivity contribution in [1.29, 1.82) is 0 Å². The van der Waals surface area contributed by atoms with E-state index in [0.29, 0.717) is 18.8 Å². The third kappa shape index (κ3) is 6.45. The lowest BCUT2D eigenvalue weighted by atomic mass is 10.2. The molecule has 9 heteroatoms. The van der Waals surface area contributed by atoms with Gasteiger partial charge in [0.15, 0.2) is 0 Å². The molecule has 1 heterocycles. The number of furan rings is 1. The SMILES string of the molecule is CC(=O)N(Cc1ccc(OS(=O)(=O)c2ccccc2C(=O)OC(C)C)cc1)Cc1ccco1. The standard InChI is InChI=1S/C24H25NO7S/c1-17(2)31-24(27)22-8-4-5-9-23(22)33(28,29)32-20-12-10-19(11-13-20)15-25(18(3)26)16-21-7-6-14-30-21/h4-14,17H,15-16H2,1-3H3. The summed E-state index contributed by atoms with van der Waals surface area (Å²) >= 11 is 0. The molecule has 0 spiro atoms. The summed E-state index contributed by atoms with van der Waals surface area (Å²) in [5.74, 6) is -0.139. The van der Waals surface area contributed by atoms with E-state index in [1.807, 2.05) is 0 Å². The van der Waals surface area contributed by atoms with Gasteiger partial charge >= 0.3 is 16.1 Å². The number of nitrogens with zero attached hydrogens (tertiary/aromatic N) is 1. The first-order valence-corrected chi connectivity index (χ1v) is 11.7. The first-order valence-electron chi connectivity index (χ1n) is 10.3. The molecule has 0 saturated carbocycles. The fraction of sp³-hybridized carbons (Fsp3) is 0.250. The van der Waals surface area contributed by atoms with Crippen LogP contribution in [-0.4, -0.2) is 31.3 Å². The highest BCUT2D eigenvalue weighted by atomic mass is 32.2. The summed E-state index contributed by atoms with van der Waals surface area (Å²) in [7, 11) is -4.29. The second kappa shape index (κ2) is 10.4. The maximum absolute atomic E-state index is 12.8. The van der Waals surface area contributed by atoms with E-state index >= 15 is 0 Å². The van der Waals surface area contributed by atoms with Crippen LogP contribution < -0.4 is 4.18 Å². The molecule has 2 aromatic carbocycles. The second-order valence-corrected chi connectivity index (χ2v) is 9.10. The van der Waals surface area contributed by atoms with Gasteiger partial charge in [0.2, 0.25) is 5.91 Å². The molecule has 1 amide bonds. The summed E-state index contributed by atoms with van der Waals surface area (Å²) in [6.07, 6.45) is 1.14. The number of benzene rings is 2. The Kier molecular flexibility index (Phi) is 7.55. The highest BCUT2D eigenvalue weighted by Gasteiger charge is 2.25. The Morgan fingerprint density at radius 2 is 1.67 bits per heavy atom. The van der Waals surface area contributed by atoms with Gasteiger partial charge in [0.25, 0.3) is 0 Å². The smallest absolute Gasteiger partial charge is 0.340 e. The minimum atomic E-state index is -4.29. The molecule has 0 aliphatic rings. The van der Waals surface area contributed by atoms with Crippen LogP contribution in [0.3, 0.4) is 0 Å². The van der Waals surface area contributed by atoms with E-state index in [1.54, 1.807) is 55.3 Å². The van der Waals surface area contributed by atoms with Gasteiger partial charge in [-0.25, -0.2) is 4.79 Å². The first-order chi connectivity index (χ1) is 15.7. The Morgan fingerprint density at radius 1 is 0.970 bits per heavy atom. The number of amides is 1. The van der Waals surface area contributed by atoms with E-state index < -0.39 is 22.2 Å². The zero-order valence-corrected chi connectivity index (χ0v) is 19.4. The molecule has 0 aliphatic heterocycles. The van der Waals surface area contributed by atoms with E-state index in [0.717, 1.165) is 5.56 Å². The molecule has 33 heavy (non-hydrogen) atoms. The van der Waals surface area contributed by atoms with Crippen molar-refractivity contribution in [2.24, 2.45) is 0 Å². The highest BCUT2D eigenvalue weighted by Crippen LogP contribution is 2.23. The number of esters is 1. The minimum absolute atomic E-state index is 0.0752. The fourth-order valence-corrected chi connectivity index (χ4v) is 4.16. The lowest BCUT2D eigenvalue weighted by Crippen LogP contribution is -2.27. The second-order valence-electron chi connectivity index (χ2n) is 7.59. The maximum atomic E-state index is 12.8. The van der Waals surface area contributed by atoms with Crippen molar-refractivity contribution in [3.8, 4) is 5.75 Å². The molecule has 3 aromatic rings. The molecule has 0 radical (unpaired) electrons. The number of carbonyl (C=O) groups excluding carboxylic acids is 2. The summed E-state index contributed by atoms with van der Waals surface area (Å²) in [5, 5.41) is 0. The summed E-state index contributed by atoms with van der Waals surface area (Å²) in [4.78, 5) is 25.6. The zero-order valence-electron chi connectivity index (χ0n) is 18.6. The van der Waals surface area contributed by atoms with Crippen molar-refractivity contribution >= 4 is 22.0 Å². The van der Waals surface area contributed by atoms with Gasteiger partial charge in [0, 0.05) is 13.5 Å². The molecular weight excluding hydrogens is 446 g/mol. The number of hydrogen-bond donors (Lipinski definition) is 0. The average Bonchev–Trinajstić information content (AvgIpc) is 3.27. The Hall–Kier alpha value is -3.59. The van der Waals surface area contributed by atoms with Gasteiger partial charge in [-0.05, 0) is 55.8 Å². The largest absolute Gasteiger partial charge is 0.467 e. The van der Waals surface area contributed by atoms with Crippen molar-refractivity contribution in [2.75, 3.05) is 0 Å². The first kappa shape index (κ1) is 24.1. The van der Waals surface area contributed by atoms with Gasteiger partial charge in [-0.2, -0.15) is 8.42 Å². The van der Waals surface area contributed by atoms with Crippen molar-refractivity contribution in [3.63, 3.8) is 0 Å². The number of rotatable bonds is 9. The van der Waals surface area contributed by atoms with Gasteiger partial charge in [0.05, 0.1) is 24.5 Å². The molecule has 0 saturated heterocycles. The van der Waals surface area contributed by atoms with Gasteiger partial charge in [-0.3, -0.25) is 4.79 Å². The Bertz CT molecular complexity index is 1200. The third-order valence-corrected chi connectivity index (χ3v) is 5.90. The number of ether oxygens (including phenoxy) is 1. The van der Waals surface area contributed by atoms with Crippen LogP contribution in [0.4, 0.5) is 0 Å². The molecule has 8 nitrogen and oxygen atoms in total. The van der Waals surface area contributed by atoms with Gasteiger partial charge in [-0.15, -0.1) is 0 Å². The molecule has 0 bridgehead atoms. The molecule has 0 aliphatic carbocycles. The van der Waals surface area contributed by atoms with Crippen LogP contribution in [0, 0.1) is 0 Å². The molecule has 174 valence electrons. The lowest BCUT2D eigenvalue weighted by molar-refractivity contribution is -0.130.